The molecule has 25 heavy (non-hydrogen) atoms. The zero-order valence-corrected chi connectivity index (χ0v) is 14.8. The van der Waals surface area contributed by atoms with E-state index in [0.717, 1.165) is 24.2 Å². The van der Waals surface area contributed by atoms with Crippen molar-refractivity contribution in [2.24, 2.45) is 0 Å². The third kappa shape index (κ3) is 3.88. The van der Waals surface area contributed by atoms with Crippen LogP contribution in [0, 0.1) is 0 Å². The van der Waals surface area contributed by atoms with E-state index in [1.807, 2.05) is 35.0 Å². The van der Waals surface area contributed by atoms with Crippen LogP contribution >= 0.6 is 0 Å². The van der Waals surface area contributed by atoms with Gasteiger partial charge in [0.05, 0.1) is 18.3 Å². The van der Waals surface area contributed by atoms with Crippen LogP contribution in [-0.2, 0) is 22.3 Å². The van der Waals surface area contributed by atoms with Crippen LogP contribution in [0.1, 0.15) is 30.3 Å². The van der Waals surface area contributed by atoms with Crippen molar-refractivity contribution in [1.82, 2.24) is 29.4 Å². The summed E-state index contributed by atoms with van der Waals surface area (Å²) < 4.78 is 28.7. The molecule has 2 aliphatic rings. The topological polar surface area (TPSA) is 84.2 Å². The largest absolute Gasteiger partial charge is 0.293 e. The molecule has 0 amide bonds. The predicted molar refractivity (Wildman–Crippen MR) is 92.0 cm³/mol. The SMILES string of the molecule is O=S(=O)(Cc1ccccc1)N1CCN(Cc2nnnn2C2CC2)CC1. The Morgan fingerprint density at radius 3 is 2.44 bits per heavy atom. The predicted octanol–water partition coefficient (Wildman–Crippen LogP) is 0.656. The second-order valence-electron chi connectivity index (χ2n) is 6.69. The third-order valence-corrected chi connectivity index (χ3v) is 6.59. The molecule has 9 heteroatoms. The van der Waals surface area contributed by atoms with Gasteiger partial charge in [0, 0.05) is 26.2 Å². The highest BCUT2D eigenvalue weighted by molar-refractivity contribution is 7.88. The van der Waals surface area contributed by atoms with Crippen LogP contribution in [0.5, 0.6) is 0 Å². The van der Waals surface area contributed by atoms with Crippen LogP contribution in [-0.4, -0.2) is 64.0 Å². The molecular weight excluding hydrogens is 340 g/mol. The van der Waals surface area contributed by atoms with E-state index in [9.17, 15) is 8.42 Å². The molecule has 0 bridgehead atoms. The highest BCUT2D eigenvalue weighted by atomic mass is 32.2. The number of tetrazole rings is 1. The lowest BCUT2D eigenvalue weighted by molar-refractivity contribution is 0.175. The van der Waals surface area contributed by atoms with Gasteiger partial charge in [-0.2, -0.15) is 4.31 Å². The first kappa shape index (κ1) is 16.6. The number of hydrogen-bond donors (Lipinski definition) is 0. The average Bonchev–Trinajstić information content (AvgIpc) is 3.35. The second kappa shape index (κ2) is 6.81. The van der Waals surface area contributed by atoms with Gasteiger partial charge in [0.25, 0.3) is 0 Å². The molecule has 1 aromatic carbocycles. The fraction of sp³-hybridized carbons (Fsp3) is 0.562. The maximum absolute atomic E-state index is 12.6. The van der Waals surface area contributed by atoms with Gasteiger partial charge < -0.3 is 0 Å². The Balaban J connectivity index is 1.34. The zero-order valence-electron chi connectivity index (χ0n) is 14.0. The average molecular weight is 362 g/mol. The summed E-state index contributed by atoms with van der Waals surface area (Å²) >= 11 is 0. The van der Waals surface area contributed by atoms with Crippen LogP contribution in [0.15, 0.2) is 30.3 Å². The molecular formula is C16H22N6O2S. The Bertz CT molecular complexity index is 810. The highest BCUT2D eigenvalue weighted by Gasteiger charge is 2.30. The van der Waals surface area contributed by atoms with Gasteiger partial charge in [-0.05, 0) is 28.8 Å². The molecule has 1 saturated carbocycles. The van der Waals surface area contributed by atoms with Gasteiger partial charge >= 0.3 is 0 Å². The number of nitrogens with zero attached hydrogens (tertiary/aromatic N) is 6. The summed E-state index contributed by atoms with van der Waals surface area (Å²) in [6.45, 7) is 3.10. The molecule has 2 aromatic rings. The van der Waals surface area contributed by atoms with Crippen molar-refractivity contribution in [1.29, 1.82) is 0 Å². The standard InChI is InChI=1S/C16H22N6O2S/c23-25(24,13-14-4-2-1-3-5-14)21-10-8-20(9-11-21)12-16-17-18-19-22(16)15-6-7-15/h1-5,15H,6-13H2. The molecule has 1 saturated heterocycles. The fourth-order valence-electron chi connectivity index (χ4n) is 3.16. The molecule has 4 rings (SSSR count). The number of piperazine rings is 1. The van der Waals surface area contributed by atoms with E-state index in [-0.39, 0.29) is 5.75 Å². The molecule has 0 radical (unpaired) electrons. The van der Waals surface area contributed by atoms with E-state index in [2.05, 4.69) is 20.4 Å². The number of aromatic nitrogens is 4. The van der Waals surface area contributed by atoms with Gasteiger partial charge in [-0.3, -0.25) is 4.90 Å². The Kier molecular flexibility index (Phi) is 4.53. The summed E-state index contributed by atoms with van der Waals surface area (Å²) in [6, 6.07) is 9.79. The van der Waals surface area contributed by atoms with Crippen LogP contribution in [0.3, 0.4) is 0 Å². The molecule has 2 fully saturated rings. The maximum atomic E-state index is 12.6. The normalized spacial score (nSPS) is 20.0. The Hall–Kier alpha value is -1.84. The summed E-state index contributed by atoms with van der Waals surface area (Å²) in [7, 11) is -3.27. The summed E-state index contributed by atoms with van der Waals surface area (Å²) in [5, 5.41) is 12.0. The summed E-state index contributed by atoms with van der Waals surface area (Å²) in [5.41, 5.74) is 0.827. The van der Waals surface area contributed by atoms with Crippen molar-refractivity contribution < 1.29 is 8.42 Å². The van der Waals surface area contributed by atoms with Crippen LogP contribution < -0.4 is 0 Å². The number of hydrogen-bond acceptors (Lipinski definition) is 6. The van der Waals surface area contributed by atoms with Crippen molar-refractivity contribution in [2.45, 2.75) is 31.2 Å². The highest BCUT2D eigenvalue weighted by Crippen LogP contribution is 2.34. The second-order valence-corrected chi connectivity index (χ2v) is 8.66. The Labute approximate surface area is 147 Å². The van der Waals surface area contributed by atoms with Crippen LogP contribution in [0.2, 0.25) is 0 Å². The van der Waals surface area contributed by atoms with Crippen molar-refractivity contribution >= 4 is 10.0 Å². The van der Waals surface area contributed by atoms with E-state index in [0.29, 0.717) is 38.8 Å². The van der Waals surface area contributed by atoms with Crippen LogP contribution in [0.25, 0.3) is 0 Å². The van der Waals surface area contributed by atoms with Gasteiger partial charge in [-0.1, -0.05) is 30.3 Å². The molecule has 2 heterocycles. The van der Waals surface area contributed by atoms with Crippen LogP contribution in [0.4, 0.5) is 0 Å². The number of rotatable bonds is 6. The van der Waals surface area contributed by atoms with Crippen molar-refractivity contribution in [2.75, 3.05) is 26.2 Å². The Morgan fingerprint density at radius 2 is 1.76 bits per heavy atom. The monoisotopic (exact) mass is 362 g/mol. The quantitative estimate of drug-likeness (QED) is 0.750. The third-order valence-electron chi connectivity index (χ3n) is 4.74. The molecule has 0 N–H and O–H groups in total. The summed E-state index contributed by atoms with van der Waals surface area (Å²) in [5.74, 6) is 0.941. The summed E-state index contributed by atoms with van der Waals surface area (Å²) in [6.07, 6.45) is 2.28. The van der Waals surface area contributed by atoms with Gasteiger partial charge in [-0.25, -0.2) is 13.1 Å². The zero-order chi connectivity index (χ0) is 17.3. The minimum Gasteiger partial charge on any atom is -0.293 e. The molecule has 8 nitrogen and oxygen atoms in total. The fourth-order valence-corrected chi connectivity index (χ4v) is 4.68. The summed E-state index contributed by atoms with van der Waals surface area (Å²) in [4.78, 5) is 2.22. The van der Waals surface area contributed by atoms with E-state index in [4.69, 9.17) is 0 Å². The molecule has 0 spiro atoms. The lowest BCUT2D eigenvalue weighted by Crippen LogP contribution is -2.48. The van der Waals surface area contributed by atoms with E-state index >= 15 is 0 Å². The lowest BCUT2D eigenvalue weighted by Gasteiger charge is -2.33. The van der Waals surface area contributed by atoms with Gasteiger partial charge in [0.2, 0.25) is 10.0 Å². The first-order valence-electron chi connectivity index (χ1n) is 8.63. The van der Waals surface area contributed by atoms with Gasteiger partial charge in [0.1, 0.15) is 0 Å². The van der Waals surface area contributed by atoms with E-state index in [1.54, 1.807) is 4.31 Å². The minimum absolute atomic E-state index is 0.0633. The molecule has 0 unspecified atom stereocenters. The first-order chi connectivity index (χ1) is 12.1. The molecule has 0 atom stereocenters. The van der Waals surface area contributed by atoms with E-state index < -0.39 is 10.0 Å². The molecule has 1 aromatic heterocycles. The molecule has 134 valence electrons. The maximum Gasteiger partial charge on any atom is 0.218 e. The molecule has 1 aliphatic carbocycles. The number of sulfonamides is 1. The van der Waals surface area contributed by atoms with Crippen molar-refractivity contribution in [3.63, 3.8) is 0 Å². The smallest absolute Gasteiger partial charge is 0.218 e. The first-order valence-corrected chi connectivity index (χ1v) is 10.2. The van der Waals surface area contributed by atoms with E-state index in [1.165, 1.54) is 0 Å². The van der Waals surface area contributed by atoms with Gasteiger partial charge in [0.15, 0.2) is 5.82 Å². The van der Waals surface area contributed by atoms with Gasteiger partial charge in [-0.15, -0.1) is 5.10 Å². The van der Waals surface area contributed by atoms with Crippen molar-refractivity contribution in [3.8, 4) is 0 Å². The molecule has 1 aliphatic heterocycles. The number of benzene rings is 1. The Morgan fingerprint density at radius 1 is 1.04 bits per heavy atom. The van der Waals surface area contributed by atoms with Crippen molar-refractivity contribution in [3.05, 3.63) is 41.7 Å². The lowest BCUT2D eigenvalue weighted by atomic mass is 10.2. The minimum atomic E-state index is -3.27.